The first-order chi connectivity index (χ1) is 8.69. The first-order valence-electron chi connectivity index (χ1n) is 6.75. The molecular formula is C15H26N2O. The van der Waals surface area contributed by atoms with Crippen LogP contribution >= 0.6 is 0 Å². The van der Waals surface area contributed by atoms with Gasteiger partial charge in [0.2, 0.25) is 0 Å². The number of rotatable bonds is 8. The molecule has 0 aliphatic heterocycles. The van der Waals surface area contributed by atoms with E-state index in [4.69, 9.17) is 5.11 Å². The topological polar surface area (TPSA) is 35.5 Å². The van der Waals surface area contributed by atoms with Crippen molar-refractivity contribution in [3.8, 4) is 0 Å². The summed E-state index contributed by atoms with van der Waals surface area (Å²) < 4.78 is 0. The summed E-state index contributed by atoms with van der Waals surface area (Å²) in [6.07, 6.45) is 3.14. The summed E-state index contributed by atoms with van der Waals surface area (Å²) in [5.41, 5.74) is 3.97. The zero-order valence-corrected chi connectivity index (χ0v) is 11.9. The second kappa shape index (κ2) is 8.11. The second-order valence-electron chi connectivity index (χ2n) is 4.85. The Bertz CT molecular complexity index is 352. The van der Waals surface area contributed by atoms with Gasteiger partial charge in [0, 0.05) is 32.4 Å². The maximum absolute atomic E-state index is 8.75. The predicted octanol–water partition coefficient (Wildman–Crippen LogP) is 2.31. The minimum Gasteiger partial charge on any atom is -0.396 e. The Morgan fingerprint density at radius 2 is 2.00 bits per heavy atom. The van der Waals surface area contributed by atoms with Gasteiger partial charge in [0.1, 0.15) is 0 Å². The number of benzene rings is 1. The van der Waals surface area contributed by atoms with Crippen LogP contribution in [0.3, 0.4) is 0 Å². The molecule has 0 unspecified atom stereocenters. The van der Waals surface area contributed by atoms with Crippen LogP contribution in [0.2, 0.25) is 0 Å². The molecule has 0 saturated heterocycles. The van der Waals surface area contributed by atoms with Crippen molar-refractivity contribution in [2.75, 3.05) is 32.1 Å². The Morgan fingerprint density at radius 1 is 1.22 bits per heavy atom. The maximum Gasteiger partial charge on any atom is 0.0431 e. The second-order valence-corrected chi connectivity index (χ2v) is 4.85. The Labute approximate surface area is 111 Å². The Kier molecular flexibility index (Phi) is 6.76. The number of anilines is 1. The fraction of sp³-hybridized carbons (Fsp3) is 0.600. The molecule has 0 aromatic heterocycles. The van der Waals surface area contributed by atoms with Gasteiger partial charge >= 0.3 is 0 Å². The third kappa shape index (κ3) is 4.67. The number of nitrogens with zero attached hydrogens (tertiary/aromatic N) is 1. The number of aryl methyl sites for hydroxylation is 1. The van der Waals surface area contributed by atoms with Crippen LogP contribution < -0.4 is 10.2 Å². The average Bonchev–Trinajstić information content (AvgIpc) is 2.37. The van der Waals surface area contributed by atoms with Crippen molar-refractivity contribution in [2.45, 2.75) is 32.7 Å². The number of unbranched alkanes of at least 4 members (excludes halogenated alkanes) is 2. The van der Waals surface area contributed by atoms with Gasteiger partial charge in [-0.2, -0.15) is 0 Å². The molecule has 1 rings (SSSR count). The quantitative estimate of drug-likeness (QED) is 0.695. The summed E-state index contributed by atoms with van der Waals surface area (Å²) in [4.78, 5) is 2.29. The number of hydrogen-bond acceptors (Lipinski definition) is 3. The number of nitrogens with one attached hydrogen (secondary N) is 1. The molecule has 18 heavy (non-hydrogen) atoms. The molecule has 1 aromatic carbocycles. The highest BCUT2D eigenvalue weighted by Crippen LogP contribution is 2.18. The van der Waals surface area contributed by atoms with Crippen LogP contribution in [0, 0.1) is 6.92 Å². The molecule has 2 N–H and O–H groups in total. The molecule has 0 bridgehead atoms. The van der Waals surface area contributed by atoms with E-state index in [9.17, 15) is 0 Å². The van der Waals surface area contributed by atoms with Crippen LogP contribution in [0.1, 0.15) is 30.4 Å². The van der Waals surface area contributed by atoms with Gasteiger partial charge in [-0.3, -0.25) is 0 Å². The predicted molar refractivity (Wildman–Crippen MR) is 78.1 cm³/mol. The normalized spacial score (nSPS) is 10.7. The van der Waals surface area contributed by atoms with E-state index in [-0.39, 0.29) is 0 Å². The van der Waals surface area contributed by atoms with Crippen LogP contribution in [-0.4, -0.2) is 32.4 Å². The molecular weight excluding hydrogens is 224 g/mol. The van der Waals surface area contributed by atoms with Gasteiger partial charge in [0.25, 0.3) is 0 Å². The van der Waals surface area contributed by atoms with Crippen molar-refractivity contribution >= 4 is 5.69 Å². The first-order valence-corrected chi connectivity index (χ1v) is 6.75. The molecule has 0 aliphatic rings. The standard InChI is InChI=1S/C15H26N2O/c1-13-11-15(8-7-14(13)12-16-2)17(3)9-5-4-6-10-18/h7-8,11,16,18H,4-6,9-10,12H2,1-3H3. The molecule has 0 saturated carbocycles. The summed E-state index contributed by atoms with van der Waals surface area (Å²) in [7, 11) is 4.10. The van der Waals surface area contributed by atoms with E-state index in [1.54, 1.807) is 0 Å². The molecule has 0 fully saturated rings. The SMILES string of the molecule is CNCc1ccc(N(C)CCCCCO)cc1C. The summed E-state index contributed by atoms with van der Waals surface area (Å²) in [5, 5.41) is 11.9. The van der Waals surface area contributed by atoms with Gasteiger partial charge in [-0.15, -0.1) is 0 Å². The van der Waals surface area contributed by atoms with Gasteiger partial charge < -0.3 is 15.3 Å². The Hall–Kier alpha value is -1.06. The number of aliphatic hydroxyl groups is 1. The molecule has 0 heterocycles. The molecule has 0 spiro atoms. The molecule has 3 nitrogen and oxygen atoms in total. The van der Waals surface area contributed by atoms with Crippen molar-refractivity contribution in [1.29, 1.82) is 0 Å². The summed E-state index contributed by atoms with van der Waals surface area (Å²) in [6, 6.07) is 6.63. The zero-order valence-electron chi connectivity index (χ0n) is 11.9. The van der Waals surface area contributed by atoms with Crippen molar-refractivity contribution in [3.05, 3.63) is 29.3 Å². The fourth-order valence-electron chi connectivity index (χ4n) is 2.07. The molecule has 102 valence electrons. The van der Waals surface area contributed by atoms with Gasteiger partial charge in [-0.1, -0.05) is 6.07 Å². The molecule has 1 aromatic rings. The van der Waals surface area contributed by atoms with Crippen molar-refractivity contribution in [2.24, 2.45) is 0 Å². The smallest absolute Gasteiger partial charge is 0.0431 e. The first kappa shape index (κ1) is 15.0. The number of hydrogen-bond donors (Lipinski definition) is 2. The lowest BCUT2D eigenvalue weighted by atomic mass is 10.1. The molecule has 0 aliphatic carbocycles. The highest BCUT2D eigenvalue weighted by molar-refractivity contribution is 5.50. The van der Waals surface area contributed by atoms with Crippen molar-refractivity contribution in [3.63, 3.8) is 0 Å². The fourth-order valence-corrected chi connectivity index (χ4v) is 2.07. The number of aliphatic hydroxyl groups excluding tert-OH is 1. The van der Waals surface area contributed by atoms with E-state index >= 15 is 0 Å². The van der Waals surface area contributed by atoms with Crippen molar-refractivity contribution in [1.82, 2.24) is 5.32 Å². The molecule has 0 amide bonds. The lowest BCUT2D eigenvalue weighted by Gasteiger charge is -2.20. The van der Waals surface area contributed by atoms with E-state index < -0.39 is 0 Å². The highest BCUT2D eigenvalue weighted by atomic mass is 16.2. The molecule has 0 atom stereocenters. The lowest BCUT2D eigenvalue weighted by molar-refractivity contribution is 0.283. The molecule has 3 heteroatoms. The van der Waals surface area contributed by atoms with Crippen molar-refractivity contribution < 1.29 is 5.11 Å². The average molecular weight is 250 g/mol. The van der Waals surface area contributed by atoms with E-state index in [0.29, 0.717) is 6.61 Å². The van der Waals surface area contributed by atoms with Crippen LogP contribution in [0.25, 0.3) is 0 Å². The van der Waals surface area contributed by atoms with E-state index in [1.807, 2.05) is 7.05 Å². The third-order valence-electron chi connectivity index (χ3n) is 3.29. The van der Waals surface area contributed by atoms with Gasteiger partial charge in [0.05, 0.1) is 0 Å². The summed E-state index contributed by atoms with van der Waals surface area (Å²) >= 11 is 0. The van der Waals surface area contributed by atoms with Crippen LogP contribution in [0.4, 0.5) is 5.69 Å². The van der Waals surface area contributed by atoms with E-state index in [1.165, 1.54) is 16.8 Å². The van der Waals surface area contributed by atoms with E-state index in [0.717, 1.165) is 32.4 Å². The Balaban J connectivity index is 2.52. The van der Waals surface area contributed by atoms with Gasteiger partial charge in [0.15, 0.2) is 0 Å². The van der Waals surface area contributed by atoms with Crippen LogP contribution in [-0.2, 0) is 6.54 Å². The zero-order chi connectivity index (χ0) is 13.4. The van der Waals surface area contributed by atoms with Gasteiger partial charge in [-0.05, 0) is 56.5 Å². The minimum atomic E-state index is 0.307. The monoisotopic (exact) mass is 250 g/mol. The third-order valence-corrected chi connectivity index (χ3v) is 3.29. The maximum atomic E-state index is 8.75. The lowest BCUT2D eigenvalue weighted by Crippen LogP contribution is -2.19. The van der Waals surface area contributed by atoms with Gasteiger partial charge in [-0.25, -0.2) is 0 Å². The highest BCUT2D eigenvalue weighted by Gasteiger charge is 2.03. The van der Waals surface area contributed by atoms with Crippen LogP contribution in [0.15, 0.2) is 18.2 Å². The molecule has 0 radical (unpaired) electrons. The largest absolute Gasteiger partial charge is 0.396 e. The summed E-state index contributed by atoms with van der Waals surface area (Å²) in [6.45, 7) is 4.44. The Morgan fingerprint density at radius 3 is 2.61 bits per heavy atom. The summed E-state index contributed by atoms with van der Waals surface area (Å²) in [5.74, 6) is 0. The minimum absolute atomic E-state index is 0.307. The van der Waals surface area contributed by atoms with E-state index in [2.05, 4.69) is 42.4 Å². The van der Waals surface area contributed by atoms with Crippen LogP contribution in [0.5, 0.6) is 0 Å².